The van der Waals surface area contributed by atoms with Crippen LogP contribution >= 0.6 is 0 Å². The first-order valence-electron chi connectivity index (χ1n) is 3.67. The smallest absolute Gasteiger partial charge is 0.200 e. The second-order valence-electron chi connectivity index (χ2n) is 2.81. The van der Waals surface area contributed by atoms with Gasteiger partial charge in [0.05, 0.1) is 12.2 Å². The minimum atomic E-state index is -2.15. The van der Waals surface area contributed by atoms with Crippen LogP contribution in [0.15, 0.2) is 0 Å². The quantitative estimate of drug-likeness (QED) is 0.300. The van der Waals surface area contributed by atoms with Gasteiger partial charge in [0, 0.05) is 0 Å². The van der Waals surface area contributed by atoms with E-state index in [4.69, 9.17) is 0 Å². The van der Waals surface area contributed by atoms with E-state index in [0.717, 1.165) is 0 Å². The van der Waals surface area contributed by atoms with E-state index in [2.05, 4.69) is 4.74 Å². The second kappa shape index (κ2) is 2.91. The van der Waals surface area contributed by atoms with Crippen molar-refractivity contribution in [3.63, 3.8) is 0 Å². The monoisotopic (exact) mass is 210 g/mol. The third-order valence-electron chi connectivity index (χ3n) is 1.90. The van der Waals surface area contributed by atoms with Crippen LogP contribution in [0.25, 0.3) is 0 Å². The van der Waals surface area contributed by atoms with Gasteiger partial charge in [-0.3, -0.25) is 0 Å². The highest BCUT2D eigenvalue weighted by atomic mass is 19.2. The van der Waals surface area contributed by atoms with Crippen LogP contribution in [-0.2, 0) is 4.74 Å². The topological polar surface area (TPSA) is 12.5 Å². The van der Waals surface area contributed by atoms with Crippen molar-refractivity contribution in [3.8, 4) is 0 Å². The number of epoxide rings is 1. The van der Waals surface area contributed by atoms with Crippen LogP contribution in [-0.4, -0.2) is 6.61 Å². The molecule has 0 unspecified atom stereocenters. The summed E-state index contributed by atoms with van der Waals surface area (Å²) in [6, 6.07) is 0. The van der Waals surface area contributed by atoms with Crippen molar-refractivity contribution < 1.29 is 26.7 Å². The highest BCUT2D eigenvalue weighted by molar-refractivity contribution is 5.27. The van der Waals surface area contributed by atoms with E-state index in [9.17, 15) is 22.0 Å². The van der Waals surface area contributed by atoms with Gasteiger partial charge in [-0.15, -0.1) is 0 Å². The van der Waals surface area contributed by atoms with Gasteiger partial charge in [0.1, 0.15) is 6.10 Å². The molecule has 0 saturated carbocycles. The minimum Gasteiger partial charge on any atom is -0.368 e. The molecule has 1 aromatic rings. The molecule has 2 rings (SSSR count). The van der Waals surface area contributed by atoms with Crippen LogP contribution in [0.2, 0.25) is 0 Å². The summed E-state index contributed by atoms with van der Waals surface area (Å²) in [4.78, 5) is 0. The van der Waals surface area contributed by atoms with E-state index in [1.54, 1.807) is 0 Å². The van der Waals surface area contributed by atoms with E-state index in [1.165, 1.54) is 0 Å². The lowest BCUT2D eigenvalue weighted by molar-refractivity contribution is 0.347. The Morgan fingerprint density at radius 1 is 0.786 bits per heavy atom. The Labute approximate surface area is 75.1 Å². The fourth-order valence-corrected chi connectivity index (χ4v) is 1.12. The Bertz CT molecular complexity index is 370. The predicted molar refractivity (Wildman–Crippen MR) is 34.9 cm³/mol. The minimum absolute atomic E-state index is 0.0294. The summed E-state index contributed by atoms with van der Waals surface area (Å²) in [6.07, 6.45) is -1.01. The number of ether oxygens (including phenoxy) is 1. The molecule has 0 radical (unpaired) electrons. The van der Waals surface area contributed by atoms with Gasteiger partial charge < -0.3 is 4.74 Å². The van der Waals surface area contributed by atoms with Crippen molar-refractivity contribution in [3.05, 3.63) is 34.6 Å². The molecule has 1 nitrogen and oxygen atoms in total. The average molecular weight is 210 g/mol. The molecular weight excluding hydrogens is 207 g/mol. The van der Waals surface area contributed by atoms with Gasteiger partial charge in [0.15, 0.2) is 23.3 Å². The summed E-state index contributed by atoms with van der Waals surface area (Å²) < 4.78 is 67.9. The molecule has 1 aromatic carbocycles. The summed E-state index contributed by atoms with van der Waals surface area (Å²) >= 11 is 0. The summed E-state index contributed by atoms with van der Waals surface area (Å²) in [7, 11) is 0. The van der Waals surface area contributed by atoms with Crippen molar-refractivity contribution in [2.24, 2.45) is 0 Å². The Hall–Kier alpha value is -1.17. The van der Waals surface area contributed by atoms with E-state index >= 15 is 0 Å². The molecule has 1 fully saturated rings. The molecule has 1 atom stereocenters. The first-order chi connectivity index (χ1) is 6.54. The maximum absolute atomic E-state index is 12.9. The predicted octanol–water partition coefficient (Wildman–Crippen LogP) is 2.45. The molecular formula is C8H3F5O. The molecule has 0 aliphatic carbocycles. The molecule has 1 aliphatic rings. The molecule has 76 valence electrons. The van der Waals surface area contributed by atoms with Gasteiger partial charge in [-0.25, -0.2) is 22.0 Å². The van der Waals surface area contributed by atoms with Gasteiger partial charge in [-0.2, -0.15) is 0 Å². The lowest BCUT2D eigenvalue weighted by Gasteiger charge is -2.04. The zero-order valence-electron chi connectivity index (χ0n) is 6.58. The van der Waals surface area contributed by atoms with Gasteiger partial charge in [0.2, 0.25) is 5.82 Å². The maximum atomic E-state index is 12.9. The first kappa shape index (κ1) is 9.39. The standard InChI is InChI=1S/C8H3F5O/c9-4-3(2-1-14-2)5(10)7(12)8(13)6(4)11/h2H,1H2/t2-/m1/s1. The van der Waals surface area contributed by atoms with Crippen molar-refractivity contribution >= 4 is 0 Å². The average Bonchev–Trinajstić information content (AvgIpc) is 2.96. The van der Waals surface area contributed by atoms with Gasteiger partial charge in [-0.05, 0) is 0 Å². The van der Waals surface area contributed by atoms with Gasteiger partial charge in [0.25, 0.3) is 0 Å². The van der Waals surface area contributed by atoms with Crippen LogP contribution in [0, 0.1) is 29.1 Å². The van der Waals surface area contributed by atoms with E-state index < -0.39 is 40.8 Å². The Morgan fingerprint density at radius 3 is 1.50 bits per heavy atom. The highest BCUT2D eigenvalue weighted by Gasteiger charge is 2.36. The SMILES string of the molecule is Fc1c(F)c(F)c([C@H]2CO2)c(F)c1F. The van der Waals surface area contributed by atoms with Crippen LogP contribution in [0.1, 0.15) is 11.7 Å². The normalized spacial score (nSPS) is 19.9. The molecule has 0 spiro atoms. The summed E-state index contributed by atoms with van der Waals surface area (Å²) in [5.74, 6) is -9.65. The third-order valence-corrected chi connectivity index (χ3v) is 1.90. The molecule has 1 aliphatic heterocycles. The zero-order chi connectivity index (χ0) is 10.5. The van der Waals surface area contributed by atoms with Gasteiger partial charge in [-0.1, -0.05) is 0 Å². The van der Waals surface area contributed by atoms with Gasteiger partial charge >= 0.3 is 0 Å². The fraction of sp³-hybridized carbons (Fsp3) is 0.250. The van der Waals surface area contributed by atoms with Crippen molar-refractivity contribution in [1.82, 2.24) is 0 Å². The van der Waals surface area contributed by atoms with Crippen molar-refractivity contribution in [2.75, 3.05) is 6.61 Å². The van der Waals surface area contributed by atoms with E-state index in [1.807, 2.05) is 0 Å². The molecule has 0 bridgehead atoms. The third kappa shape index (κ3) is 1.18. The molecule has 6 heteroatoms. The molecule has 14 heavy (non-hydrogen) atoms. The zero-order valence-corrected chi connectivity index (χ0v) is 6.58. The number of rotatable bonds is 1. The summed E-state index contributed by atoms with van der Waals surface area (Å²) in [5, 5.41) is 0. The van der Waals surface area contributed by atoms with Crippen LogP contribution in [0.5, 0.6) is 0 Å². The maximum Gasteiger partial charge on any atom is 0.200 e. The Kier molecular flexibility index (Phi) is 1.95. The van der Waals surface area contributed by atoms with Crippen molar-refractivity contribution in [2.45, 2.75) is 6.10 Å². The number of benzene rings is 1. The number of halogens is 5. The molecule has 0 aromatic heterocycles. The largest absolute Gasteiger partial charge is 0.368 e. The van der Waals surface area contributed by atoms with Crippen molar-refractivity contribution in [1.29, 1.82) is 0 Å². The second-order valence-corrected chi connectivity index (χ2v) is 2.81. The molecule has 1 heterocycles. The van der Waals surface area contributed by atoms with Crippen LogP contribution in [0.4, 0.5) is 22.0 Å². The summed E-state index contributed by atoms with van der Waals surface area (Å²) in [6.45, 7) is -0.0294. The van der Waals surface area contributed by atoms with Crippen LogP contribution < -0.4 is 0 Å². The Balaban J connectivity index is 2.69. The van der Waals surface area contributed by atoms with E-state index in [-0.39, 0.29) is 6.61 Å². The van der Waals surface area contributed by atoms with E-state index in [0.29, 0.717) is 0 Å². The molecule has 0 N–H and O–H groups in total. The first-order valence-corrected chi connectivity index (χ1v) is 3.67. The number of hydrogen-bond acceptors (Lipinski definition) is 1. The lowest BCUT2D eigenvalue weighted by Crippen LogP contribution is -2.06. The summed E-state index contributed by atoms with van der Waals surface area (Å²) in [5.41, 5.74) is -0.888. The highest BCUT2D eigenvalue weighted by Crippen LogP contribution is 2.36. The van der Waals surface area contributed by atoms with Crippen LogP contribution in [0.3, 0.4) is 0 Å². The fourth-order valence-electron chi connectivity index (χ4n) is 1.12. The lowest BCUT2D eigenvalue weighted by atomic mass is 10.1. The molecule has 1 saturated heterocycles. The molecule has 0 amide bonds. The Morgan fingerprint density at radius 2 is 1.14 bits per heavy atom. The number of hydrogen-bond donors (Lipinski definition) is 0.